The van der Waals surface area contributed by atoms with Crippen molar-refractivity contribution < 1.29 is 4.79 Å². The summed E-state index contributed by atoms with van der Waals surface area (Å²) in [5.74, 6) is 1.04. The highest BCUT2D eigenvalue weighted by Crippen LogP contribution is 2.27. The lowest BCUT2D eigenvalue weighted by molar-refractivity contribution is -0.125. The van der Waals surface area contributed by atoms with Crippen molar-refractivity contribution in [2.45, 2.75) is 56.0 Å². The molecule has 0 unspecified atom stereocenters. The monoisotopic (exact) mass is 384 g/mol. The Hall–Kier alpha value is -2.08. The number of nitrogens with zero attached hydrogens (tertiary/aromatic N) is 3. The smallest absolute Gasteiger partial charge is 0.225 e. The van der Waals surface area contributed by atoms with Crippen LogP contribution in [0.3, 0.4) is 0 Å². The second kappa shape index (κ2) is 9.22. The van der Waals surface area contributed by atoms with Crippen molar-refractivity contribution in [2.75, 3.05) is 18.0 Å². The Balaban J connectivity index is 1.60. The Morgan fingerprint density at radius 1 is 1.26 bits per heavy atom. The zero-order chi connectivity index (χ0) is 19.2. The predicted molar refractivity (Wildman–Crippen MR) is 110 cm³/mol. The van der Waals surface area contributed by atoms with Gasteiger partial charge >= 0.3 is 0 Å². The van der Waals surface area contributed by atoms with E-state index >= 15 is 0 Å². The summed E-state index contributed by atoms with van der Waals surface area (Å²) in [5.41, 5.74) is 1.25. The molecule has 5 nitrogen and oxygen atoms in total. The third kappa shape index (κ3) is 5.45. The molecule has 1 aromatic heterocycles. The minimum atomic E-state index is 0.0242. The molecule has 1 amide bonds. The lowest BCUT2D eigenvalue weighted by atomic mass is 9.96. The second-order valence-corrected chi connectivity index (χ2v) is 8.34. The molecule has 1 N–H and O–H groups in total. The molecule has 0 saturated carbocycles. The molecule has 0 aliphatic carbocycles. The molecule has 1 aliphatic heterocycles. The minimum absolute atomic E-state index is 0.0242. The van der Waals surface area contributed by atoms with Gasteiger partial charge in [0.15, 0.2) is 5.82 Å². The lowest BCUT2D eigenvalue weighted by Gasteiger charge is -2.33. The normalized spacial score (nSPS) is 18.2. The molecular formula is C21H28N4OS. The van der Waals surface area contributed by atoms with Crippen LogP contribution in [0, 0.1) is 12.8 Å². The van der Waals surface area contributed by atoms with E-state index in [4.69, 9.17) is 0 Å². The number of amides is 1. The summed E-state index contributed by atoms with van der Waals surface area (Å²) < 4.78 is 0. The van der Waals surface area contributed by atoms with Crippen molar-refractivity contribution >= 4 is 23.5 Å². The van der Waals surface area contributed by atoms with Crippen LogP contribution in [-0.4, -0.2) is 35.2 Å². The van der Waals surface area contributed by atoms with Crippen molar-refractivity contribution in [3.63, 3.8) is 0 Å². The van der Waals surface area contributed by atoms with E-state index in [0.717, 1.165) is 41.5 Å². The van der Waals surface area contributed by atoms with Crippen molar-refractivity contribution in [1.82, 2.24) is 15.5 Å². The Morgan fingerprint density at radius 3 is 2.70 bits per heavy atom. The highest BCUT2D eigenvalue weighted by molar-refractivity contribution is 7.99. The lowest BCUT2D eigenvalue weighted by Crippen LogP contribution is -2.45. The third-order valence-corrected chi connectivity index (χ3v) is 5.92. The fourth-order valence-corrected chi connectivity index (χ4v) is 3.86. The van der Waals surface area contributed by atoms with Crippen LogP contribution < -0.4 is 10.2 Å². The minimum Gasteiger partial charge on any atom is -0.354 e. The van der Waals surface area contributed by atoms with Gasteiger partial charge in [0.1, 0.15) is 5.03 Å². The number of anilines is 1. The number of aromatic nitrogens is 2. The molecule has 2 aromatic rings. The van der Waals surface area contributed by atoms with Crippen LogP contribution in [0.25, 0.3) is 0 Å². The van der Waals surface area contributed by atoms with Crippen molar-refractivity contribution in [1.29, 1.82) is 0 Å². The Bertz CT molecular complexity index is 748. The quantitative estimate of drug-likeness (QED) is 0.814. The topological polar surface area (TPSA) is 58.1 Å². The van der Waals surface area contributed by atoms with Gasteiger partial charge in [0.25, 0.3) is 0 Å². The van der Waals surface area contributed by atoms with E-state index in [0.29, 0.717) is 6.54 Å². The van der Waals surface area contributed by atoms with Crippen molar-refractivity contribution in [3.8, 4) is 0 Å². The van der Waals surface area contributed by atoms with Gasteiger partial charge in [-0.05, 0) is 57.4 Å². The van der Waals surface area contributed by atoms with E-state index in [1.54, 1.807) is 11.8 Å². The first kappa shape index (κ1) is 19.7. The highest BCUT2D eigenvalue weighted by atomic mass is 32.2. The van der Waals surface area contributed by atoms with Gasteiger partial charge in [-0.3, -0.25) is 4.79 Å². The van der Waals surface area contributed by atoms with Gasteiger partial charge < -0.3 is 10.2 Å². The third-order valence-electron chi connectivity index (χ3n) is 4.99. The average Bonchev–Trinajstić information content (AvgIpc) is 2.70. The van der Waals surface area contributed by atoms with Crippen LogP contribution in [0.5, 0.6) is 0 Å². The SMILES string of the molecule is CC[C@H](C)NC(=O)[C@H]1CCCN(c2ccc(Sc3ccc(C)cc3)nn2)C1. The van der Waals surface area contributed by atoms with Crippen LogP contribution in [0.4, 0.5) is 5.82 Å². The zero-order valence-corrected chi connectivity index (χ0v) is 17.1. The Morgan fingerprint density at radius 2 is 2.04 bits per heavy atom. The van der Waals surface area contributed by atoms with Crippen LogP contribution in [-0.2, 0) is 4.79 Å². The van der Waals surface area contributed by atoms with Gasteiger partial charge in [0, 0.05) is 24.0 Å². The number of carbonyl (C=O) groups is 1. The summed E-state index contributed by atoms with van der Waals surface area (Å²) in [5, 5.41) is 12.8. The van der Waals surface area contributed by atoms with Gasteiger partial charge in [-0.1, -0.05) is 36.4 Å². The number of aryl methyl sites for hydroxylation is 1. The second-order valence-electron chi connectivity index (χ2n) is 7.25. The molecule has 0 spiro atoms. The molecular weight excluding hydrogens is 356 g/mol. The first-order valence-corrected chi connectivity index (χ1v) is 10.5. The fraction of sp³-hybridized carbons (Fsp3) is 0.476. The summed E-state index contributed by atoms with van der Waals surface area (Å²) in [4.78, 5) is 15.8. The average molecular weight is 385 g/mol. The van der Waals surface area contributed by atoms with E-state index in [9.17, 15) is 4.79 Å². The van der Waals surface area contributed by atoms with Crippen LogP contribution in [0.15, 0.2) is 46.3 Å². The maximum Gasteiger partial charge on any atom is 0.225 e. The van der Waals surface area contributed by atoms with Crippen molar-refractivity contribution in [2.24, 2.45) is 5.92 Å². The van der Waals surface area contributed by atoms with Gasteiger partial charge in [0.05, 0.1) is 5.92 Å². The van der Waals surface area contributed by atoms with Crippen molar-refractivity contribution in [3.05, 3.63) is 42.0 Å². The first-order valence-electron chi connectivity index (χ1n) is 9.68. The predicted octanol–water partition coefficient (Wildman–Crippen LogP) is 4.07. The highest BCUT2D eigenvalue weighted by Gasteiger charge is 2.27. The summed E-state index contributed by atoms with van der Waals surface area (Å²) in [6.07, 6.45) is 2.89. The van der Waals surface area contributed by atoms with Gasteiger partial charge in [-0.15, -0.1) is 10.2 Å². The fourth-order valence-electron chi connectivity index (χ4n) is 3.13. The number of rotatable bonds is 6. The first-order chi connectivity index (χ1) is 13.0. The maximum absolute atomic E-state index is 12.4. The van der Waals surface area contributed by atoms with Crippen LogP contribution in [0.2, 0.25) is 0 Å². The molecule has 0 bridgehead atoms. The van der Waals surface area contributed by atoms with Crippen LogP contribution in [0.1, 0.15) is 38.7 Å². The molecule has 6 heteroatoms. The molecule has 3 rings (SSSR count). The van der Waals surface area contributed by atoms with E-state index < -0.39 is 0 Å². The van der Waals surface area contributed by atoms with E-state index in [-0.39, 0.29) is 17.9 Å². The standard InChI is InChI=1S/C21H28N4OS/c1-4-16(3)22-21(26)17-6-5-13-25(14-17)19-11-12-20(24-23-19)27-18-9-7-15(2)8-10-18/h7-12,16-17H,4-6,13-14H2,1-3H3,(H,22,26)/t16-,17-/m0/s1. The Kier molecular flexibility index (Phi) is 6.72. The molecule has 1 aromatic carbocycles. The van der Waals surface area contributed by atoms with E-state index in [2.05, 4.69) is 65.5 Å². The maximum atomic E-state index is 12.4. The largest absolute Gasteiger partial charge is 0.354 e. The Labute approximate surface area is 165 Å². The molecule has 2 heterocycles. The number of hydrogen-bond acceptors (Lipinski definition) is 5. The van der Waals surface area contributed by atoms with Gasteiger partial charge in [0.2, 0.25) is 5.91 Å². The molecule has 27 heavy (non-hydrogen) atoms. The molecule has 1 fully saturated rings. The molecule has 2 atom stereocenters. The molecule has 1 saturated heterocycles. The summed E-state index contributed by atoms with van der Waals surface area (Å²) >= 11 is 1.61. The zero-order valence-electron chi connectivity index (χ0n) is 16.3. The van der Waals surface area contributed by atoms with Gasteiger partial charge in [-0.2, -0.15) is 0 Å². The summed E-state index contributed by atoms with van der Waals surface area (Å²) in [6, 6.07) is 12.6. The molecule has 0 radical (unpaired) electrons. The number of carbonyl (C=O) groups excluding carboxylic acids is 1. The number of piperidine rings is 1. The van der Waals surface area contributed by atoms with E-state index in [1.165, 1.54) is 5.56 Å². The number of nitrogens with one attached hydrogen (secondary N) is 1. The number of hydrogen-bond donors (Lipinski definition) is 1. The van der Waals surface area contributed by atoms with E-state index in [1.807, 2.05) is 12.1 Å². The van der Waals surface area contributed by atoms with Crippen LogP contribution >= 0.6 is 11.8 Å². The summed E-state index contributed by atoms with van der Waals surface area (Å²) in [7, 11) is 0. The number of benzene rings is 1. The van der Waals surface area contributed by atoms with Gasteiger partial charge in [-0.25, -0.2) is 0 Å². The molecule has 1 aliphatic rings. The summed E-state index contributed by atoms with van der Waals surface area (Å²) in [6.45, 7) is 7.85. The molecule has 144 valence electrons.